The van der Waals surface area contributed by atoms with Crippen molar-refractivity contribution in [1.82, 2.24) is 0 Å². The zero-order valence-electron chi connectivity index (χ0n) is 8.20. The third-order valence-electron chi connectivity index (χ3n) is 2.80. The van der Waals surface area contributed by atoms with Gasteiger partial charge >= 0.3 is 0 Å². The number of aryl methyl sites for hydroxylation is 1. The van der Waals surface area contributed by atoms with Crippen LogP contribution in [0.25, 0.3) is 0 Å². The van der Waals surface area contributed by atoms with E-state index >= 15 is 0 Å². The van der Waals surface area contributed by atoms with Crippen LogP contribution in [0.3, 0.4) is 0 Å². The van der Waals surface area contributed by atoms with Gasteiger partial charge in [-0.15, -0.1) is 0 Å². The largest absolute Gasteiger partial charge is 0.508 e. The third kappa shape index (κ3) is 1.68. The summed E-state index contributed by atoms with van der Waals surface area (Å²) in [4.78, 5) is 0. The van der Waals surface area contributed by atoms with Crippen LogP contribution >= 0.6 is 0 Å². The normalized spacial score (nSPS) is 25.6. The highest BCUT2D eigenvalue weighted by molar-refractivity contribution is 5.51. The summed E-state index contributed by atoms with van der Waals surface area (Å²) < 4.78 is 0. The first-order valence-corrected chi connectivity index (χ1v) is 4.91. The molecule has 3 nitrogen and oxygen atoms in total. The van der Waals surface area contributed by atoms with E-state index in [9.17, 15) is 10.2 Å². The standard InChI is InChI=1S/C11H15NO2/c1-7-2-3-8(6-11(7)14)12-9-4-5-10(9)13/h2-3,6,9-10,12-14H,4-5H2,1H3/t9-,10-/m1/s1. The van der Waals surface area contributed by atoms with Gasteiger partial charge in [-0.05, 0) is 31.4 Å². The molecule has 0 saturated heterocycles. The van der Waals surface area contributed by atoms with Gasteiger partial charge < -0.3 is 15.5 Å². The van der Waals surface area contributed by atoms with Crippen molar-refractivity contribution in [3.63, 3.8) is 0 Å². The van der Waals surface area contributed by atoms with Gasteiger partial charge in [-0.1, -0.05) is 6.07 Å². The molecule has 0 bridgehead atoms. The summed E-state index contributed by atoms with van der Waals surface area (Å²) in [5.74, 6) is 0.295. The molecule has 1 saturated carbocycles. The molecule has 0 unspecified atom stereocenters. The highest BCUT2D eigenvalue weighted by Gasteiger charge is 2.28. The molecule has 0 radical (unpaired) electrons. The number of aromatic hydroxyl groups is 1. The minimum atomic E-state index is -0.238. The number of phenols is 1. The average molecular weight is 193 g/mol. The summed E-state index contributed by atoms with van der Waals surface area (Å²) in [6.45, 7) is 1.86. The van der Waals surface area contributed by atoms with E-state index in [2.05, 4.69) is 5.32 Å². The number of anilines is 1. The summed E-state index contributed by atoms with van der Waals surface area (Å²) in [5.41, 5.74) is 1.74. The molecule has 1 aromatic carbocycles. The molecule has 1 aliphatic rings. The van der Waals surface area contributed by atoms with Crippen LogP contribution in [0.15, 0.2) is 18.2 Å². The van der Waals surface area contributed by atoms with Gasteiger partial charge in [0.25, 0.3) is 0 Å². The molecule has 3 N–H and O–H groups in total. The Bertz CT molecular complexity index is 338. The SMILES string of the molecule is Cc1ccc(N[C@@H]2CC[C@H]2O)cc1O. The highest BCUT2D eigenvalue weighted by Crippen LogP contribution is 2.26. The molecule has 0 amide bonds. The first kappa shape index (κ1) is 9.34. The molecule has 76 valence electrons. The van der Waals surface area contributed by atoms with Crippen molar-refractivity contribution in [3.05, 3.63) is 23.8 Å². The van der Waals surface area contributed by atoms with Crippen molar-refractivity contribution >= 4 is 5.69 Å². The molecule has 14 heavy (non-hydrogen) atoms. The van der Waals surface area contributed by atoms with Crippen LogP contribution in [-0.2, 0) is 0 Å². The second-order valence-electron chi connectivity index (χ2n) is 3.90. The smallest absolute Gasteiger partial charge is 0.120 e. The Morgan fingerprint density at radius 1 is 1.36 bits per heavy atom. The van der Waals surface area contributed by atoms with Gasteiger partial charge in [-0.3, -0.25) is 0 Å². The number of hydrogen-bond acceptors (Lipinski definition) is 3. The van der Waals surface area contributed by atoms with Crippen LogP contribution in [-0.4, -0.2) is 22.4 Å². The molecule has 0 aromatic heterocycles. The number of rotatable bonds is 2. The van der Waals surface area contributed by atoms with Crippen molar-refractivity contribution in [2.75, 3.05) is 5.32 Å². The molecule has 0 spiro atoms. The van der Waals surface area contributed by atoms with Crippen LogP contribution in [0, 0.1) is 6.92 Å². The van der Waals surface area contributed by atoms with Crippen LogP contribution in [0.4, 0.5) is 5.69 Å². The van der Waals surface area contributed by atoms with E-state index in [-0.39, 0.29) is 12.1 Å². The first-order valence-electron chi connectivity index (χ1n) is 4.91. The van der Waals surface area contributed by atoms with Crippen molar-refractivity contribution in [2.45, 2.75) is 31.9 Å². The fourth-order valence-electron chi connectivity index (χ4n) is 1.56. The molecule has 2 atom stereocenters. The van der Waals surface area contributed by atoms with Gasteiger partial charge in [-0.25, -0.2) is 0 Å². The number of aliphatic hydroxyl groups is 1. The van der Waals surface area contributed by atoms with E-state index < -0.39 is 0 Å². The van der Waals surface area contributed by atoms with Crippen LogP contribution in [0.2, 0.25) is 0 Å². The number of phenolic OH excluding ortho intramolecular Hbond substituents is 1. The lowest BCUT2D eigenvalue weighted by molar-refractivity contribution is 0.0786. The maximum atomic E-state index is 9.47. The highest BCUT2D eigenvalue weighted by atomic mass is 16.3. The predicted molar refractivity (Wildman–Crippen MR) is 55.5 cm³/mol. The summed E-state index contributed by atoms with van der Waals surface area (Å²) in [7, 11) is 0. The Morgan fingerprint density at radius 3 is 2.64 bits per heavy atom. The van der Waals surface area contributed by atoms with Crippen LogP contribution in [0.5, 0.6) is 5.75 Å². The number of nitrogens with one attached hydrogen (secondary N) is 1. The maximum absolute atomic E-state index is 9.47. The van der Waals surface area contributed by atoms with Crippen molar-refractivity contribution in [1.29, 1.82) is 0 Å². The zero-order chi connectivity index (χ0) is 10.1. The lowest BCUT2D eigenvalue weighted by atomic mass is 9.89. The summed E-state index contributed by atoms with van der Waals surface area (Å²) in [6, 6.07) is 5.63. The lowest BCUT2D eigenvalue weighted by Crippen LogP contribution is -2.42. The van der Waals surface area contributed by atoms with Gasteiger partial charge in [-0.2, -0.15) is 0 Å². The fraction of sp³-hybridized carbons (Fsp3) is 0.455. The van der Waals surface area contributed by atoms with E-state index in [1.165, 1.54) is 0 Å². The molecule has 1 fully saturated rings. The minimum Gasteiger partial charge on any atom is -0.508 e. The monoisotopic (exact) mass is 193 g/mol. The quantitative estimate of drug-likeness (QED) is 0.669. The molecule has 1 aliphatic carbocycles. The molecular formula is C11H15NO2. The minimum absolute atomic E-state index is 0.150. The first-order chi connectivity index (χ1) is 6.66. The average Bonchev–Trinajstić information content (AvgIpc) is 2.17. The van der Waals surface area contributed by atoms with Crippen molar-refractivity contribution < 1.29 is 10.2 Å². The molecule has 1 aromatic rings. The number of aliphatic hydroxyl groups excluding tert-OH is 1. The Balaban J connectivity index is 2.06. The summed E-state index contributed by atoms with van der Waals surface area (Å²) in [6.07, 6.45) is 1.63. The zero-order valence-corrected chi connectivity index (χ0v) is 8.20. The number of hydrogen-bond donors (Lipinski definition) is 3. The van der Waals surface area contributed by atoms with E-state index in [1.807, 2.05) is 19.1 Å². The maximum Gasteiger partial charge on any atom is 0.120 e. The number of benzene rings is 1. The fourth-order valence-corrected chi connectivity index (χ4v) is 1.56. The predicted octanol–water partition coefficient (Wildman–Crippen LogP) is 1.64. The molecular weight excluding hydrogens is 178 g/mol. The van der Waals surface area contributed by atoms with Gasteiger partial charge in [0.2, 0.25) is 0 Å². The summed E-state index contributed by atoms with van der Waals surface area (Å²) in [5, 5.41) is 22.0. The van der Waals surface area contributed by atoms with Crippen LogP contribution in [0.1, 0.15) is 18.4 Å². The van der Waals surface area contributed by atoms with Gasteiger partial charge in [0, 0.05) is 11.8 Å². The van der Waals surface area contributed by atoms with Gasteiger partial charge in [0.15, 0.2) is 0 Å². The van der Waals surface area contributed by atoms with Gasteiger partial charge in [0.1, 0.15) is 5.75 Å². The summed E-state index contributed by atoms with van der Waals surface area (Å²) >= 11 is 0. The molecule has 3 heteroatoms. The van der Waals surface area contributed by atoms with Gasteiger partial charge in [0.05, 0.1) is 12.1 Å². The Kier molecular flexibility index (Phi) is 2.33. The van der Waals surface area contributed by atoms with Crippen molar-refractivity contribution in [2.24, 2.45) is 0 Å². The molecule has 2 rings (SSSR count). The second-order valence-corrected chi connectivity index (χ2v) is 3.90. The Hall–Kier alpha value is -1.22. The van der Waals surface area contributed by atoms with Crippen molar-refractivity contribution in [3.8, 4) is 5.75 Å². The third-order valence-corrected chi connectivity index (χ3v) is 2.80. The second kappa shape index (κ2) is 3.50. The lowest BCUT2D eigenvalue weighted by Gasteiger charge is -2.33. The molecule has 0 heterocycles. The Labute approximate surface area is 83.4 Å². The van der Waals surface area contributed by atoms with E-state index in [0.29, 0.717) is 5.75 Å². The topological polar surface area (TPSA) is 52.5 Å². The van der Waals surface area contributed by atoms with E-state index in [1.54, 1.807) is 6.07 Å². The molecule has 0 aliphatic heterocycles. The van der Waals surface area contributed by atoms with E-state index in [4.69, 9.17) is 0 Å². The van der Waals surface area contributed by atoms with Crippen LogP contribution < -0.4 is 5.32 Å². The van der Waals surface area contributed by atoms with E-state index in [0.717, 1.165) is 24.1 Å². The Morgan fingerprint density at radius 2 is 2.14 bits per heavy atom.